The number of anilines is 1. The number of rotatable bonds is 4. The van der Waals surface area contributed by atoms with Gasteiger partial charge in [-0.15, -0.1) is 0 Å². The Balaban J connectivity index is 2.15. The minimum atomic E-state index is 0.721. The van der Waals surface area contributed by atoms with Gasteiger partial charge in [-0.25, -0.2) is 4.98 Å². The Morgan fingerprint density at radius 3 is 2.67 bits per heavy atom. The molecule has 1 heterocycles. The standard InChI is InChI=1S/C11H17N3O/c1-7-10(12-3)13-8(2)14-11(7)15-6-9-4-5-9/h9H,4-6H2,1-3H3,(H,12,13,14). The third-order valence-corrected chi connectivity index (χ3v) is 2.60. The predicted molar refractivity (Wildman–Crippen MR) is 59.3 cm³/mol. The van der Waals surface area contributed by atoms with Gasteiger partial charge in [0.2, 0.25) is 5.88 Å². The summed E-state index contributed by atoms with van der Waals surface area (Å²) in [6, 6.07) is 0. The average molecular weight is 207 g/mol. The summed E-state index contributed by atoms with van der Waals surface area (Å²) in [7, 11) is 1.86. The van der Waals surface area contributed by atoms with Crippen LogP contribution in [0.2, 0.25) is 0 Å². The van der Waals surface area contributed by atoms with E-state index in [0.29, 0.717) is 0 Å². The molecule has 15 heavy (non-hydrogen) atoms. The lowest BCUT2D eigenvalue weighted by molar-refractivity contribution is 0.285. The minimum absolute atomic E-state index is 0.721. The van der Waals surface area contributed by atoms with E-state index >= 15 is 0 Å². The van der Waals surface area contributed by atoms with Crippen molar-refractivity contribution < 1.29 is 4.74 Å². The number of aryl methyl sites for hydroxylation is 1. The summed E-state index contributed by atoms with van der Waals surface area (Å²) in [6.45, 7) is 4.65. The topological polar surface area (TPSA) is 47.0 Å². The summed E-state index contributed by atoms with van der Waals surface area (Å²) in [4.78, 5) is 8.60. The monoisotopic (exact) mass is 207 g/mol. The van der Waals surface area contributed by atoms with E-state index in [4.69, 9.17) is 4.74 Å². The van der Waals surface area contributed by atoms with Crippen molar-refractivity contribution in [2.75, 3.05) is 19.0 Å². The van der Waals surface area contributed by atoms with Crippen LogP contribution in [0, 0.1) is 19.8 Å². The van der Waals surface area contributed by atoms with E-state index in [1.165, 1.54) is 12.8 Å². The molecule has 1 aliphatic carbocycles. The molecule has 1 fully saturated rings. The van der Waals surface area contributed by atoms with Crippen molar-refractivity contribution in [1.29, 1.82) is 0 Å². The van der Waals surface area contributed by atoms with Gasteiger partial charge in [0.1, 0.15) is 11.6 Å². The molecule has 0 radical (unpaired) electrons. The molecule has 82 valence electrons. The third-order valence-electron chi connectivity index (χ3n) is 2.60. The summed E-state index contributed by atoms with van der Waals surface area (Å²) < 4.78 is 5.69. The van der Waals surface area contributed by atoms with E-state index in [-0.39, 0.29) is 0 Å². The van der Waals surface area contributed by atoms with Crippen LogP contribution in [0.1, 0.15) is 24.2 Å². The lowest BCUT2D eigenvalue weighted by Gasteiger charge is -2.11. The third kappa shape index (κ3) is 2.37. The first-order valence-corrected chi connectivity index (χ1v) is 5.36. The zero-order chi connectivity index (χ0) is 10.8. The van der Waals surface area contributed by atoms with Gasteiger partial charge < -0.3 is 10.1 Å². The van der Waals surface area contributed by atoms with Crippen LogP contribution < -0.4 is 10.1 Å². The van der Waals surface area contributed by atoms with Crippen LogP contribution in [0.5, 0.6) is 5.88 Å². The molecule has 1 N–H and O–H groups in total. The van der Waals surface area contributed by atoms with Crippen LogP contribution in [0.25, 0.3) is 0 Å². The number of hydrogen-bond acceptors (Lipinski definition) is 4. The van der Waals surface area contributed by atoms with Crippen LogP contribution in [0.4, 0.5) is 5.82 Å². The lowest BCUT2D eigenvalue weighted by atomic mass is 10.3. The number of ether oxygens (including phenoxy) is 1. The van der Waals surface area contributed by atoms with Gasteiger partial charge in [-0.05, 0) is 32.6 Å². The van der Waals surface area contributed by atoms with Gasteiger partial charge in [0.05, 0.1) is 12.2 Å². The number of aromatic nitrogens is 2. The van der Waals surface area contributed by atoms with E-state index in [1.807, 2.05) is 20.9 Å². The molecule has 0 saturated heterocycles. The van der Waals surface area contributed by atoms with Gasteiger partial charge in [0.15, 0.2) is 0 Å². The van der Waals surface area contributed by atoms with Crippen LogP contribution >= 0.6 is 0 Å². The van der Waals surface area contributed by atoms with E-state index in [9.17, 15) is 0 Å². The predicted octanol–water partition coefficient (Wildman–Crippen LogP) is 1.92. The van der Waals surface area contributed by atoms with E-state index < -0.39 is 0 Å². The summed E-state index contributed by atoms with van der Waals surface area (Å²) in [5.41, 5.74) is 0.990. The van der Waals surface area contributed by atoms with Gasteiger partial charge in [-0.1, -0.05) is 0 Å². The van der Waals surface area contributed by atoms with Gasteiger partial charge in [-0.2, -0.15) is 4.98 Å². The molecule has 1 aromatic heterocycles. The smallest absolute Gasteiger partial charge is 0.221 e. The first kappa shape index (κ1) is 10.2. The summed E-state index contributed by atoms with van der Waals surface area (Å²) >= 11 is 0. The SMILES string of the molecule is CNc1nc(C)nc(OCC2CC2)c1C. The van der Waals surface area contributed by atoms with E-state index in [1.54, 1.807) is 0 Å². The van der Waals surface area contributed by atoms with Gasteiger partial charge >= 0.3 is 0 Å². The molecular weight excluding hydrogens is 190 g/mol. The van der Waals surface area contributed by atoms with Crippen LogP contribution in [0.3, 0.4) is 0 Å². The molecule has 2 rings (SSSR count). The largest absolute Gasteiger partial charge is 0.477 e. The molecule has 0 atom stereocenters. The zero-order valence-electron chi connectivity index (χ0n) is 9.50. The molecule has 1 saturated carbocycles. The van der Waals surface area contributed by atoms with E-state index in [0.717, 1.165) is 35.6 Å². The van der Waals surface area contributed by atoms with Crippen molar-refractivity contribution in [1.82, 2.24) is 9.97 Å². The molecular formula is C11H17N3O. The fourth-order valence-electron chi connectivity index (χ4n) is 1.47. The second-order valence-corrected chi connectivity index (χ2v) is 4.05. The van der Waals surface area contributed by atoms with Crippen molar-refractivity contribution in [3.63, 3.8) is 0 Å². The fourth-order valence-corrected chi connectivity index (χ4v) is 1.47. The maximum absolute atomic E-state index is 5.69. The lowest BCUT2D eigenvalue weighted by Crippen LogP contribution is -2.07. The Hall–Kier alpha value is -1.32. The van der Waals surface area contributed by atoms with Crippen molar-refractivity contribution in [3.8, 4) is 5.88 Å². The molecule has 0 aliphatic heterocycles. The van der Waals surface area contributed by atoms with Crippen LogP contribution in [-0.2, 0) is 0 Å². The Morgan fingerprint density at radius 1 is 1.33 bits per heavy atom. The molecule has 1 aliphatic rings. The van der Waals surface area contributed by atoms with Crippen LogP contribution in [-0.4, -0.2) is 23.6 Å². The molecule has 1 aromatic rings. The Labute approximate surface area is 90.1 Å². The number of nitrogens with zero attached hydrogens (tertiary/aromatic N) is 2. The second-order valence-electron chi connectivity index (χ2n) is 4.05. The fraction of sp³-hybridized carbons (Fsp3) is 0.636. The maximum atomic E-state index is 5.69. The second kappa shape index (κ2) is 4.04. The highest BCUT2D eigenvalue weighted by atomic mass is 16.5. The van der Waals surface area contributed by atoms with Gasteiger partial charge in [0.25, 0.3) is 0 Å². The molecule has 4 heteroatoms. The Bertz CT molecular complexity index is 361. The van der Waals surface area contributed by atoms with Crippen molar-refractivity contribution >= 4 is 5.82 Å². The number of nitrogens with one attached hydrogen (secondary N) is 1. The molecule has 0 bridgehead atoms. The minimum Gasteiger partial charge on any atom is -0.477 e. The Kier molecular flexibility index (Phi) is 2.75. The maximum Gasteiger partial charge on any atom is 0.221 e. The van der Waals surface area contributed by atoms with Crippen molar-refractivity contribution in [2.24, 2.45) is 5.92 Å². The van der Waals surface area contributed by atoms with Crippen molar-refractivity contribution in [2.45, 2.75) is 26.7 Å². The molecule has 4 nitrogen and oxygen atoms in total. The highest BCUT2D eigenvalue weighted by Gasteiger charge is 2.22. The quantitative estimate of drug-likeness (QED) is 0.819. The molecule has 0 unspecified atom stereocenters. The highest BCUT2D eigenvalue weighted by molar-refractivity contribution is 5.47. The molecule has 0 amide bonds. The first-order valence-electron chi connectivity index (χ1n) is 5.36. The Morgan fingerprint density at radius 2 is 2.07 bits per heavy atom. The van der Waals surface area contributed by atoms with Gasteiger partial charge in [-0.3, -0.25) is 0 Å². The van der Waals surface area contributed by atoms with Crippen molar-refractivity contribution in [3.05, 3.63) is 11.4 Å². The molecule has 0 aromatic carbocycles. The summed E-state index contributed by atoms with van der Waals surface area (Å²) in [5, 5.41) is 3.05. The van der Waals surface area contributed by atoms with E-state index in [2.05, 4.69) is 15.3 Å². The summed E-state index contributed by atoms with van der Waals surface area (Å²) in [6.07, 6.45) is 2.59. The van der Waals surface area contributed by atoms with Gasteiger partial charge in [0, 0.05) is 7.05 Å². The van der Waals surface area contributed by atoms with Crippen LogP contribution in [0.15, 0.2) is 0 Å². The average Bonchev–Trinajstić information content (AvgIpc) is 3.02. The first-order chi connectivity index (χ1) is 7.20. The number of hydrogen-bond donors (Lipinski definition) is 1. The summed E-state index contributed by atoms with van der Waals surface area (Å²) in [5.74, 6) is 3.07. The zero-order valence-corrected chi connectivity index (χ0v) is 9.50. The molecule has 0 spiro atoms. The normalized spacial score (nSPS) is 15.1. The highest BCUT2D eigenvalue weighted by Crippen LogP contribution is 2.30.